The lowest BCUT2D eigenvalue weighted by Gasteiger charge is -2.05. The normalized spacial score (nSPS) is 10.7. The maximum absolute atomic E-state index is 12.2. The predicted octanol–water partition coefficient (Wildman–Crippen LogP) is 2.72. The Morgan fingerprint density at radius 2 is 1.95 bits per heavy atom. The van der Waals surface area contributed by atoms with E-state index in [4.69, 9.17) is 5.73 Å². The summed E-state index contributed by atoms with van der Waals surface area (Å²) in [5, 5.41) is 3.80. The van der Waals surface area contributed by atoms with Crippen LogP contribution in [0.15, 0.2) is 54.7 Å². The monoisotopic (exact) mass is 279 g/mol. The van der Waals surface area contributed by atoms with E-state index in [0.29, 0.717) is 17.8 Å². The van der Waals surface area contributed by atoms with E-state index in [9.17, 15) is 4.79 Å². The molecule has 1 amide bonds. The molecular weight excluding hydrogens is 262 g/mol. The highest BCUT2D eigenvalue weighted by atomic mass is 16.1. The number of benzene rings is 2. The minimum Gasteiger partial charge on any atom is -0.399 e. The second kappa shape index (κ2) is 5.71. The molecule has 0 atom stereocenters. The summed E-state index contributed by atoms with van der Waals surface area (Å²) in [5.74, 6) is -0.0808. The minimum absolute atomic E-state index is 0.0808. The molecule has 0 spiro atoms. The van der Waals surface area contributed by atoms with Crippen molar-refractivity contribution < 1.29 is 4.79 Å². The molecule has 3 rings (SSSR count). The van der Waals surface area contributed by atoms with E-state index < -0.39 is 0 Å². The van der Waals surface area contributed by atoms with Gasteiger partial charge in [-0.15, -0.1) is 0 Å². The first-order valence-electron chi connectivity index (χ1n) is 6.93. The number of carbonyl (C=O) groups is 1. The van der Waals surface area contributed by atoms with Crippen molar-refractivity contribution in [2.24, 2.45) is 0 Å². The van der Waals surface area contributed by atoms with Gasteiger partial charge in [-0.05, 0) is 30.2 Å². The number of nitrogens with one attached hydrogen (secondary N) is 2. The number of nitrogens with two attached hydrogens (primary N) is 1. The number of hydrogen-bond donors (Lipinski definition) is 3. The number of aromatic nitrogens is 1. The van der Waals surface area contributed by atoms with Crippen LogP contribution in [0.4, 0.5) is 5.69 Å². The van der Waals surface area contributed by atoms with Gasteiger partial charge in [0.15, 0.2) is 0 Å². The molecule has 0 aliphatic rings. The number of carbonyl (C=O) groups excluding carboxylic acids is 1. The second-order valence-electron chi connectivity index (χ2n) is 5.00. The van der Waals surface area contributed by atoms with Crippen LogP contribution in [-0.2, 0) is 6.42 Å². The number of fused-ring (bicyclic) bond motifs is 1. The van der Waals surface area contributed by atoms with Crippen LogP contribution in [0.3, 0.4) is 0 Å². The van der Waals surface area contributed by atoms with Gasteiger partial charge < -0.3 is 16.0 Å². The molecule has 0 unspecified atom stereocenters. The van der Waals surface area contributed by atoms with Crippen molar-refractivity contribution in [1.82, 2.24) is 10.3 Å². The van der Waals surface area contributed by atoms with Crippen LogP contribution in [0.25, 0.3) is 10.9 Å². The Hall–Kier alpha value is -2.75. The van der Waals surface area contributed by atoms with E-state index in [1.807, 2.05) is 36.4 Å². The fourth-order valence-electron chi connectivity index (χ4n) is 2.39. The first kappa shape index (κ1) is 13.2. The largest absolute Gasteiger partial charge is 0.399 e. The van der Waals surface area contributed by atoms with Crippen molar-refractivity contribution in [1.29, 1.82) is 0 Å². The molecule has 106 valence electrons. The average Bonchev–Trinajstić information content (AvgIpc) is 2.91. The highest BCUT2D eigenvalue weighted by Crippen LogP contribution is 2.20. The van der Waals surface area contributed by atoms with Crippen LogP contribution < -0.4 is 11.1 Å². The topological polar surface area (TPSA) is 70.9 Å². The van der Waals surface area contributed by atoms with Crippen molar-refractivity contribution in [3.8, 4) is 0 Å². The van der Waals surface area contributed by atoms with E-state index >= 15 is 0 Å². The lowest BCUT2D eigenvalue weighted by atomic mass is 10.1. The smallest absolute Gasteiger partial charge is 0.253 e. The average molecular weight is 279 g/mol. The Balaban J connectivity index is 1.68. The van der Waals surface area contributed by atoms with Gasteiger partial charge in [-0.3, -0.25) is 4.79 Å². The van der Waals surface area contributed by atoms with Crippen LogP contribution in [0.1, 0.15) is 15.9 Å². The second-order valence-corrected chi connectivity index (χ2v) is 5.00. The quantitative estimate of drug-likeness (QED) is 0.643. The fraction of sp³-hybridized carbons (Fsp3) is 0.118. The molecule has 1 aromatic heterocycles. The van der Waals surface area contributed by atoms with Gasteiger partial charge in [0, 0.05) is 29.3 Å². The highest BCUT2D eigenvalue weighted by Gasteiger charge is 2.11. The van der Waals surface area contributed by atoms with Gasteiger partial charge in [-0.2, -0.15) is 0 Å². The minimum atomic E-state index is -0.0808. The molecule has 0 radical (unpaired) electrons. The Labute approximate surface area is 123 Å². The van der Waals surface area contributed by atoms with Gasteiger partial charge in [0.1, 0.15) is 0 Å². The van der Waals surface area contributed by atoms with Crippen LogP contribution in [0.5, 0.6) is 0 Å². The molecule has 21 heavy (non-hydrogen) atoms. The van der Waals surface area contributed by atoms with E-state index in [-0.39, 0.29) is 5.91 Å². The summed E-state index contributed by atoms with van der Waals surface area (Å²) >= 11 is 0. The zero-order valence-electron chi connectivity index (χ0n) is 11.6. The summed E-state index contributed by atoms with van der Waals surface area (Å²) in [5.41, 5.74) is 9.19. The Morgan fingerprint density at radius 3 is 2.76 bits per heavy atom. The molecule has 0 aliphatic carbocycles. The molecular formula is C17H17N3O. The number of nitrogen functional groups attached to an aromatic ring is 1. The van der Waals surface area contributed by atoms with Gasteiger partial charge in [0.05, 0.1) is 5.56 Å². The lowest BCUT2D eigenvalue weighted by Crippen LogP contribution is -2.25. The van der Waals surface area contributed by atoms with E-state index in [1.165, 1.54) is 5.56 Å². The number of H-pyrrole nitrogens is 1. The SMILES string of the molecule is Nc1ccc2[nH]cc(C(=O)NCCc3ccccc3)c2c1. The molecule has 2 aromatic carbocycles. The summed E-state index contributed by atoms with van der Waals surface area (Å²) in [6.07, 6.45) is 2.54. The van der Waals surface area contributed by atoms with E-state index in [1.54, 1.807) is 6.20 Å². The molecule has 0 bridgehead atoms. The maximum atomic E-state index is 12.2. The fourth-order valence-corrected chi connectivity index (χ4v) is 2.39. The van der Waals surface area contributed by atoms with Crippen LogP contribution in [0, 0.1) is 0 Å². The Bertz CT molecular complexity index is 762. The molecule has 4 N–H and O–H groups in total. The third-order valence-corrected chi connectivity index (χ3v) is 3.49. The molecule has 0 aliphatic heterocycles. The van der Waals surface area contributed by atoms with Gasteiger partial charge in [-0.1, -0.05) is 30.3 Å². The number of amides is 1. The maximum Gasteiger partial charge on any atom is 0.253 e. The molecule has 0 saturated heterocycles. The van der Waals surface area contributed by atoms with E-state index in [0.717, 1.165) is 17.3 Å². The first-order valence-corrected chi connectivity index (χ1v) is 6.93. The predicted molar refractivity (Wildman–Crippen MR) is 85.2 cm³/mol. The number of rotatable bonds is 4. The van der Waals surface area contributed by atoms with Gasteiger partial charge in [0.25, 0.3) is 5.91 Å². The van der Waals surface area contributed by atoms with Crippen molar-refractivity contribution in [2.75, 3.05) is 12.3 Å². The third kappa shape index (κ3) is 2.89. The zero-order chi connectivity index (χ0) is 14.7. The summed E-state index contributed by atoms with van der Waals surface area (Å²) in [7, 11) is 0. The van der Waals surface area contributed by atoms with Gasteiger partial charge in [-0.25, -0.2) is 0 Å². The highest BCUT2D eigenvalue weighted by molar-refractivity contribution is 6.07. The van der Waals surface area contributed by atoms with Crippen molar-refractivity contribution in [3.63, 3.8) is 0 Å². The molecule has 1 heterocycles. The summed E-state index contributed by atoms with van der Waals surface area (Å²) in [4.78, 5) is 15.3. The first-order chi connectivity index (χ1) is 10.2. The summed E-state index contributed by atoms with van der Waals surface area (Å²) < 4.78 is 0. The lowest BCUT2D eigenvalue weighted by molar-refractivity contribution is 0.0956. The third-order valence-electron chi connectivity index (χ3n) is 3.49. The van der Waals surface area contributed by atoms with Crippen molar-refractivity contribution >= 4 is 22.5 Å². The molecule has 4 heteroatoms. The molecule has 4 nitrogen and oxygen atoms in total. The van der Waals surface area contributed by atoms with Crippen molar-refractivity contribution in [2.45, 2.75) is 6.42 Å². The Morgan fingerprint density at radius 1 is 1.14 bits per heavy atom. The van der Waals surface area contributed by atoms with Crippen LogP contribution in [0.2, 0.25) is 0 Å². The molecule has 3 aromatic rings. The number of aromatic amines is 1. The summed E-state index contributed by atoms with van der Waals surface area (Å²) in [6.45, 7) is 0.609. The Kier molecular flexibility index (Phi) is 3.60. The van der Waals surface area contributed by atoms with E-state index in [2.05, 4.69) is 22.4 Å². The molecule has 0 saturated carbocycles. The van der Waals surface area contributed by atoms with Gasteiger partial charge >= 0.3 is 0 Å². The van der Waals surface area contributed by atoms with Crippen LogP contribution >= 0.6 is 0 Å². The standard InChI is InChI=1S/C17H17N3O/c18-13-6-7-16-14(10-13)15(11-20-16)17(21)19-9-8-12-4-2-1-3-5-12/h1-7,10-11,20H,8-9,18H2,(H,19,21). The zero-order valence-corrected chi connectivity index (χ0v) is 11.6. The van der Waals surface area contributed by atoms with Crippen LogP contribution in [-0.4, -0.2) is 17.4 Å². The van der Waals surface area contributed by atoms with Crippen molar-refractivity contribution in [3.05, 3.63) is 65.9 Å². The summed E-state index contributed by atoms with van der Waals surface area (Å²) in [6, 6.07) is 15.6. The number of hydrogen-bond acceptors (Lipinski definition) is 2. The number of anilines is 1. The molecule has 0 fully saturated rings. The van der Waals surface area contributed by atoms with Gasteiger partial charge in [0.2, 0.25) is 0 Å².